The Morgan fingerprint density at radius 1 is 0.912 bits per heavy atom. The first-order valence-electron chi connectivity index (χ1n) is 10.4. The molecule has 0 spiro atoms. The first-order chi connectivity index (χ1) is 16.4. The van der Waals surface area contributed by atoms with Crippen LogP contribution in [0.5, 0.6) is 0 Å². The van der Waals surface area contributed by atoms with Crippen LogP contribution in [0.3, 0.4) is 0 Å². The van der Waals surface area contributed by atoms with Gasteiger partial charge < -0.3 is 4.74 Å². The summed E-state index contributed by atoms with van der Waals surface area (Å²) in [4.78, 5) is 43.4. The van der Waals surface area contributed by atoms with Gasteiger partial charge in [0.1, 0.15) is 6.61 Å². The van der Waals surface area contributed by atoms with Crippen LogP contribution < -0.4 is 0 Å². The summed E-state index contributed by atoms with van der Waals surface area (Å²) in [6, 6.07) is 19.5. The number of hydrogen-bond acceptors (Lipinski definition) is 5. The summed E-state index contributed by atoms with van der Waals surface area (Å²) in [5.41, 5.74) is 1.68. The van der Waals surface area contributed by atoms with E-state index in [4.69, 9.17) is 4.74 Å². The fourth-order valence-electron chi connectivity index (χ4n) is 3.95. The van der Waals surface area contributed by atoms with Gasteiger partial charge in [0, 0.05) is 0 Å². The number of aromatic nitrogens is 2. The number of esters is 1. The zero-order chi connectivity index (χ0) is 23.8. The van der Waals surface area contributed by atoms with E-state index in [0.717, 1.165) is 10.5 Å². The molecule has 0 fully saturated rings. The molecule has 1 aliphatic rings. The van der Waals surface area contributed by atoms with Gasteiger partial charge in [0.2, 0.25) is 0 Å². The van der Waals surface area contributed by atoms with Crippen LogP contribution in [0.25, 0.3) is 11.0 Å². The van der Waals surface area contributed by atoms with Gasteiger partial charge in [-0.2, -0.15) is 8.78 Å². The average Bonchev–Trinajstić information content (AvgIpc) is 3.34. The largest absolute Gasteiger partial charge is 0.454 e. The van der Waals surface area contributed by atoms with Crippen molar-refractivity contribution in [2.45, 2.75) is 19.7 Å². The van der Waals surface area contributed by atoms with Gasteiger partial charge in [-0.15, -0.1) is 0 Å². The molecule has 9 heteroatoms. The molecule has 0 saturated heterocycles. The van der Waals surface area contributed by atoms with Crippen LogP contribution in [-0.4, -0.2) is 32.2 Å². The van der Waals surface area contributed by atoms with Gasteiger partial charge in [-0.25, -0.2) is 9.78 Å². The third-order valence-corrected chi connectivity index (χ3v) is 5.59. The number of rotatable bonds is 6. The van der Waals surface area contributed by atoms with Gasteiger partial charge in [-0.05, 0) is 35.9 Å². The summed E-state index contributed by atoms with van der Waals surface area (Å²) in [6.45, 7) is -3.24. The van der Waals surface area contributed by atoms with Crippen LogP contribution in [0.1, 0.15) is 49.0 Å². The monoisotopic (exact) mass is 461 g/mol. The fourth-order valence-corrected chi connectivity index (χ4v) is 3.95. The van der Waals surface area contributed by atoms with Crippen LogP contribution in [0.4, 0.5) is 8.78 Å². The van der Waals surface area contributed by atoms with Crippen molar-refractivity contribution in [2.75, 3.05) is 0 Å². The Morgan fingerprint density at radius 2 is 1.62 bits per heavy atom. The quantitative estimate of drug-likeness (QED) is 0.310. The number of para-hydroxylation sites is 2. The number of hydrogen-bond donors (Lipinski definition) is 0. The Labute approximate surface area is 192 Å². The van der Waals surface area contributed by atoms with Crippen molar-refractivity contribution in [2.24, 2.45) is 0 Å². The minimum Gasteiger partial charge on any atom is -0.454 e. The zero-order valence-electron chi connectivity index (χ0n) is 17.7. The third kappa shape index (κ3) is 3.71. The molecule has 1 aromatic heterocycles. The lowest BCUT2D eigenvalue weighted by molar-refractivity contribution is 0.0387. The highest BCUT2D eigenvalue weighted by Gasteiger charge is 2.36. The normalized spacial score (nSPS) is 13.1. The topological polar surface area (TPSA) is 81.5 Å². The Bertz CT molecular complexity index is 1430. The lowest BCUT2D eigenvalue weighted by Gasteiger charge is -2.13. The molecule has 0 N–H and O–H groups in total. The van der Waals surface area contributed by atoms with Crippen molar-refractivity contribution in [1.29, 1.82) is 0 Å². The number of carbonyl (C=O) groups excluding carboxylic acids is 3. The average molecular weight is 461 g/mol. The number of alkyl halides is 2. The predicted octanol–water partition coefficient (Wildman–Crippen LogP) is 4.58. The number of imide groups is 1. The second-order valence-corrected chi connectivity index (χ2v) is 7.68. The number of carbonyl (C=O) groups is 3. The SMILES string of the molecule is O=C(OCc1nc2ccccc2n1C(F)F)c1ccc2c(c1)C(=O)N(Cc1ccccc1)C2=O. The Morgan fingerprint density at radius 3 is 2.38 bits per heavy atom. The maximum atomic E-state index is 13.6. The molecular weight excluding hydrogens is 444 g/mol. The molecule has 0 aliphatic carbocycles. The molecular formula is C25H17F2N3O4. The summed E-state index contributed by atoms with van der Waals surface area (Å²) < 4.78 is 33.1. The highest BCUT2D eigenvalue weighted by molar-refractivity contribution is 6.21. The van der Waals surface area contributed by atoms with E-state index in [1.165, 1.54) is 24.3 Å². The predicted molar refractivity (Wildman–Crippen MR) is 117 cm³/mol. The third-order valence-electron chi connectivity index (χ3n) is 5.59. The number of ether oxygens (including phenoxy) is 1. The molecule has 2 heterocycles. The number of fused-ring (bicyclic) bond motifs is 2. The van der Waals surface area contributed by atoms with Gasteiger partial charge >= 0.3 is 12.5 Å². The summed E-state index contributed by atoms with van der Waals surface area (Å²) in [5, 5.41) is 0. The number of amides is 2. The lowest BCUT2D eigenvalue weighted by Crippen LogP contribution is -2.29. The van der Waals surface area contributed by atoms with Crippen molar-refractivity contribution >= 4 is 28.8 Å². The van der Waals surface area contributed by atoms with E-state index < -0.39 is 30.9 Å². The van der Waals surface area contributed by atoms with Crippen molar-refractivity contribution < 1.29 is 27.9 Å². The van der Waals surface area contributed by atoms with Crippen LogP contribution in [0.15, 0.2) is 72.8 Å². The maximum Gasteiger partial charge on any atom is 0.338 e. The highest BCUT2D eigenvalue weighted by Crippen LogP contribution is 2.27. The summed E-state index contributed by atoms with van der Waals surface area (Å²) in [6.07, 6.45) is 0. The molecule has 4 aromatic rings. The van der Waals surface area contributed by atoms with Crippen molar-refractivity contribution in [3.63, 3.8) is 0 Å². The molecule has 0 atom stereocenters. The zero-order valence-corrected chi connectivity index (χ0v) is 17.7. The van der Waals surface area contributed by atoms with E-state index >= 15 is 0 Å². The molecule has 7 nitrogen and oxygen atoms in total. The minimum absolute atomic E-state index is 0.0289. The molecule has 0 radical (unpaired) electrons. The molecule has 0 bridgehead atoms. The summed E-state index contributed by atoms with van der Waals surface area (Å²) in [7, 11) is 0. The van der Waals surface area contributed by atoms with E-state index in [1.54, 1.807) is 30.3 Å². The van der Waals surface area contributed by atoms with Crippen LogP contribution >= 0.6 is 0 Å². The molecule has 2 amide bonds. The van der Waals surface area contributed by atoms with Crippen LogP contribution in [0.2, 0.25) is 0 Å². The maximum absolute atomic E-state index is 13.6. The van der Waals surface area contributed by atoms with Crippen molar-refractivity contribution in [3.05, 3.63) is 101 Å². The Balaban J connectivity index is 1.35. The first-order valence-corrected chi connectivity index (χ1v) is 10.4. The van der Waals surface area contributed by atoms with Crippen LogP contribution in [0, 0.1) is 0 Å². The Kier molecular flexibility index (Phi) is 5.37. The van der Waals surface area contributed by atoms with Gasteiger partial charge in [0.15, 0.2) is 5.82 Å². The molecule has 3 aromatic carbocycles. The van der Waals surface area contributed by atoms with Crippen LogP contribution in [-0.2, 0) is 17.9 Å². The number of benzene rings is 3. The molecule has 0 unspecified atom stereocenters. The van der Waals surface area contributed by atoms with Gasteiger partial charge in [0.25, 0.3) is 11.8 Å². The van der Waals surface area contributed by atoms with Crippen molar-refractivity contribution in [3.8, 4) is 0 Å². The van der Waals surface area contributed by atoms with Crippen molar-refractivity contribution in [1.82, 2.24) is 14.5 Å². The smallest absolute Gasteiger partial charge is 0.338 e. The minimum atomic E-state index is -2.86. The van der Waals surface area contributed by atoms with Gasteiger partial charge in [0.05, 0.1) is 34.3 Å². The van der Waals surface area contributed by atoms with E-state index in [-0.39, 0.29) is 34.6 Å². The van der Waals surface area contributed by atoms with E-state index in [2.05, 4.69) is 4.98 Å². The molecule has 34 heavy (non-hydrogen) atoms. The number of halogens is 2. The second-order valence-electron chi connectivity index (χ2n) is 7.68. The Hall–Kier alpha value is -4.40. The fraction of sp³-hybridized carbons (Fsp3) is 0.120. The molecule has 5 rings (SSSR count). The summed E-state index contributed by atoms with van der Waals surface area (Å²) >= 11 is 0. The second kappa shape index (κ2) is 8.51. The van der Waals surface area contributed by atoms with Gasteiger partial charge in [-0.3, -0.25) is 19.1 Å². The van der Waals surface area contributed by atoms with E-state index in [1.807, 2.05) is 18.2 Å². The van der Waals surface area contributed by atoms with E-state index in [0.29, 0.717) is 10.1 Å². The molecule has 0 saturated carbocycles. The number of imidazole rings is 1. The van der Waals surface area contributed by atoms with Gasteiger partial charge in [-0.1, -0.05) is 42.5 Å². The molecule has 1 aliphatic heterocycles. The molecule has 170 valence electrons. The lowest BCUT2D eigenvalue weighted by atomic mass is 10.1. The number of nitrogens with zero attached hydrogens (tertiary/aromatic N) is 3. The highest BCUT2D eigenvalue weighted by atomic mass is 19.3. The standard InChI is InChI=1S/C25H17F2N3O4/c26-25(27)30-20-9-5-4-8-19(20)28-21(30)14-34-24(33)16-10-11-17-18(12-16)23(32)29(22(17)31)13-15-6-2-1-3-7-15/h1-12,25H,13-14H2. The summed E-state index contributed by atoms with van der Waals surface area (Å²) in [5.74, 6) is -1.89. The first kappa shape index (κ1) is 21.4. The van der Waals surface area contributed by atoms with E-state index in [9.17, 15) is 23.2 Å².